The summed E-state index contributed by atoms with van der Waals surface area (Å²) < 4.78 is 5.87. The van der Waals surface area contributed by atoms with E-state index in [1.807, 2.05) is 12.3 Å². The van der Waals surface area contributed by atoms with Gasteiger partial charge in [0.15, 0.2) is 0 Å². The summed E-state index contributed by atoms with van der Waals surface area (Å²) >= 11 is 3.37. The third-order valence-corrected chi connectivity index (χ3v) is 4.70. The van der Waals surface area contributed by atoms with Crippen molar-refractivity contribution in [1.82, 2.24) is 10.3 Å². The second-order valence-electron chi connectivity index (χ2n) is 3.82. The van der Waals surface area contributed by atoms with Crippen LogP contribution < -0.4 is 5.32 Å². The zero-order valence-corrected chi connectivity index (χ0v) is 12.0. The number of thioether (sulfide) groups is 1. The van der Waals surface area contributed by atoms with Gasteiger partial charge in [0, 0.05) is 17.3 Å². The minimum Gasteiger partial charge on any atom is -0.468 e. The van der Waals surface area contributed by atoms with Gasteiger partial charge in [0.1, 0.15) is 9.88 Å². The van der Waals surface area contributed by atoms with Crippen LogP contribution in [-0.4, -0.2) is 36.4 Å². The van der Waals surface area contributed by atoms with Crippen molar-refractivity contribution in [3.8, 4) is 0 Å². The van der Waals surface area contributed by atoms with E-state index in [-0.39, 0.29) is 5.97 Å². The van der Waals surface area contributed by atoms with Crippen LogP contribution in [0.3, 0.4) is 0 Å². The van der Waals surface area contributed by atoms with Crippen molar-refractivity contribution in [2.75, 3.05) is 19.9 Å². The van der Waals surface area contributed by atoms with Crippen LogP contribution in [0, 0.1) is 0 Å². The number of ether oxygens (including phenoxy) is 1. The van der Waals surface area contributed by atoms with E-state index < -0.39 is 5.54 Å². The van der Waals surface area contributed by atoms with Crippen LogP contribution in [0.5, 0.6) is 0 Å². The van der Waals surface area contributed by atoms with Crippen molar-refractivity contribution < 1.29 is 9.53 Å². The van der Waals surface area contributed by atoms with Crippen LogP contribution in [0.25, 0.3) is 0 Å². The molecule has 0 spiro atoms. The van der Waals surface area contributed by atoms with Gasteiger partial charge < -0.3 is 10.1 Å². The summed E-state index contributed by atoms with van der Waals surface area (Å²) in [4.78, 5) is 15.8. The Morgan fingerprint density at radius 2 is 2.47 bits per heavy atom. The standard InChI is InChI=1S/C11H18N2O2S2/c1-11(12-2,9(14)15-3)5-4-7-16-10-13-6-8-17-10/h6,8,12H,4-5,7H2,1-3H3. The number of esters is 1. The molecule has 1 aromatic heterocycles. The first kappa shape index (κ1) is 14.5. The van der Waals surface area contributed by atoms with Crippen LogP contribution in [0.4, 0.5) is 0 Å². The number of hydrogen-bond acceptors (Lipinski definition) is 6. The van der Waals surface area contributed by atoms with Gasteiger partial charge in [-0.15, -0.1) is 11.3 Å². The molecule has 0 aliphatic heterocycles. The largest absolute Gasteiger partial charge is 0.468 e. The predicted molar refractivity (Wildman–Crippen MR) is 71.6 cm³/mol. The van der Waals surface area contributed by atoms with Crippen molar-refractivity contribution in [3.05, 3.63) is 11.6 Å². The fourth-order valence-corrected chi connectivity index (χ4v) is 3.07. The summed E-state index contributed by atoms with van der Waals surface area (Å²) in [5.41, 5.74) is -0.585. The molecule has 0 aliphatic carbocycles. The Bertz CT molecular complexity index is 343. The molecular weight excluding hydrogens is 256 g/mol. The summed E-state index contributed by atoms with van der Waals surface area (Å²) in [5, 5.41) is 4.99. The van der Waals surface area contributed by atoms with Gasteiger partial charge in [-0.25, -0.2) is 4.98 Å². The molecule has 1 heterocycles. The predicted octanol–water partition coefficient (Wildman–Crippen LogP) is 2.17. The summed E-state index contributed by atoms with van der Waals surface area (Å²) in [6.45, 7) is 1.87. The first-order chi connectivity index (χ1) is 8.12. The molecular formula is C11H18N2O2S2. The SMILES string of the molecule is CNC(C)(CCCSc1nccs1)C(=O)OC. The maximum absolute atomic E-state index is 11.6. The fraction of sp³-hybridized carbons (Fsp3) is 0.636. The molecule has 0 aliphatic rings. The number of methoxy groups -OCH3 is 1. The van der Waals surface area contributed by atoms with E-state index in [0.29, 0.717) is 0 Å². The number of carbonyl (C=O) groups excluding carboxylic acids is 1. The van der Waals surface area contributed by atoms with Crippen molar-refractivity contribution in [2.24, 2.45) is 0 Å². The van der Waals surface area contributed by atoms with E-state index in [1.165, 1.54) is 7.11 Å². The molecule has 0 bridgehead atoms. The highest BCUT2D eigenvalue weighted by Gasteiger charge is 2.31. The Morgan fingerprint density at radius 3 is 3.00 bits per heavy atom. The molecule has 1 N–H and O–H groups in total. The number of thiazole rings is 1. The zero-order chi connectivity index (χ0) is 12.7. The van der Waals surface area contributed by atoms with Crippen LogP contribution in [0.2, 0.25) is 0 Å². The van der Waals surface area contributed by atoms with E-state index in [0.717, 1.165) is 22.9 Å². The van der Waals surface area contributed by atoms with Crippen molar-refractivity contribution in [3.63, 3.8) is 0 Å². The first-order valence-electron chi connectivity index (χ1n) is 5.42. The van der Waals surface area contributed by atoms with E-state index in [2.05, 4.69) is 10.3 Å². The molecule has 4 nitrogen and oxygen atoms in total. The number of hydrogen-bond donors (Lipinski definition) is 1. The van der Waals surface area contributed by atoms with Gasteiger partial charge in [-0.3, -0.25) is 4.79 Å². The molecule has 0 radical (unpaired) electrons. The van der Waals surface area contributed by atoms with Gasteiger partial charge in [0.2, 0.25) is 0 Å². The van der Waals surface area contributed by atoms with E-state index >= 15 is 0 Å². The van der Waals surface area contributed by atoms with Crippen LogP contribution in [0.1, 0.15) is 19.8 Å². The highest BCUT2D eigenvalue weighted by molar-refractivity contribution is 8.00. The minimum atomic E-state index is -0.585. The molecule has 0 aromatic carbocycles. The molecule has 1 unspecified atom stereocenters. The average Bonchev–Trinajstić information content (AvgIpc) is 2.86. The number of nitrogens with one attached hydrogen (secondary N) is 1. The van der Waals surface area contributed by atoms with Crippen molar-refractivity contribution in [1.29, 1.82) is 0 Å². The molecule has 6 heteroatoms. The molecule has 0 amide bonds. The Morgan fingerprint density at radius 1 is 1.71 bits per heavy atom. The number of nitrogens with zero attached hydrogens (tertiary/aromatic N) is 1. The average molecular weight is 274 g/mol. The topological polar surface area (TPSA) is 51.2 Å². The smallest absolute Gasteiger partial charge is 0.325 e. The molecule has 1 rings (SSSR count). The second kappa shape index (κ2) is 6.98. The number of likely N-dealkylation sites (N-methyl/N-ethyl adjacent to an activating group) is 1. The lowest BCUT2D eigenvalue weighted by Crippen LogP contribution is -2.48. The van der Waals surface area contributed by atoms with Gasteiger partial charge in [0.25, 0.3) is 0 Å². The maximum atomic E-state index is 11.6. The van der Waals surface area contributed by atoms with Crippen LogP contribution >= 0.6 is 23.1 Å². The highest BCUT2D eigenvalue weighted by atomic mass is 32.2. The normalized spacial score (nSPS) is 14.3. The third-order valence-electron chi connectivity index (χ3n) is 2.64. The first-order valence-corrected chi connectivity index (χ1v) is 7.28. The van der Waals surface area contributed by atoms with E-state index in [1.54, 1.807) is 36.3 Å². The number of rotatable bonds is 7. The van der Waals surface area contributed by atoms with Crippen molar-refractivity contribution >= 4 is 29.1 Å². The summed E-state index contributed by atoms with van der Waals surface area (Å²) in [5.74, 6) is 0.751. The van der Waals surface area contributed by atoms with Crippen LogP contribution in [-0.2, 0) is 9.53 Å². The zero-order valence-electron chi connectivity index (χ0n) is 10.4. The molecule has 0 saturated carbocycles. The molecule has 17 heavy (non-hydrogen) atoms. The molecule has 1 atom stereocenters. The molecule has 0 fully saturated rings. The van der Waals surface area contributed by atoms with E-state index in [9.17, 15) is 4.79 Å². The Kier molecular flexibility index (Phi) is 5.94. The molecule has 96 valence electrons. The lowest BCUT2D eigenvalue weighted by atomic mass is 9.97. The summed E-state index contributed by atoms with van der Waals surface area (Å²) in [6.07, 6.45) is 3.50. The van der Waals surface area contributed by atoms with Gasteiger partial charge >= 0.3 is 5.97 Å². The second-order valence-corrected chi connectivity index (χ2v) is 6.06. The Hall–Kier alpha value is -0.590. The van der Waals surface area contributed by atoms with Gasteiger partial charge in [-0.2, -0.15) is 0 Å². The van der Waals surface area contributed by atoms with E-state index in [4.69, 9.17) is 4.74 Å². The Labute approximate surface area is 110 Å². The van der Waals surface area contributed by atoms with Gasteiger partial charge in [-0.1, -0.05) is 11.8 Å². The van der Waals surface area contributed by atoms with Gasteiger partial charge in [0.05, 0.1) is 7.11 Å². The lowest BCUT2D eigenvalue weighted by molar-refractivity contribution is -0.148. The molecule has 0 saturated heterocycles. The summed E-state index contributed by atoms with van der Waals surface area (Å²) in [7, 11) is 3.20. The van der Waals surface area contributed by atoms with Crippen LogP contribution in [0.15, 0.2) is 15.9 Å². The maximum Gasteiger partial charge on any atom is 0.325 e. The highest BCUT2D eigenvalue weighted by Crippen LogP contribution is 2.23. The summed E-state index contributed by atoms with van der Waals surface area (Å²) in [6, 6.07) is 0. The number of aromatic nitrogens is 1. The Balaban J connectivity index is 2.31. The monoisotopic (exact) mass is 274 g/mol. The quantitative estimate of drug-likeness (QED) is 0.469. The fourth-order valence-electron chi connectivity index (χ4n) is 1.42. The van der Waals surface area contributed by atoms with Gasteiger partial charge in [-0.05, 0) is 26.8 Å². The van der Waals surface area contributed by atoms with Crippen molar-refractivity contribution in [2.45, 2.75) is 29.6 Å². The molecule has 1 aromatic rings. The third kappa shape index (κ3) is 4.29. The lowest BCUT2D eigenvalue weighted by Gasteiger charge is -2.25. The number of carbonyl (C=O) groups is 1. The minimum absolute atomic E-state index is 0.209.